The van der Waals surface area contributed by atoms with Crippen molar-refractivity contribution < 1.29 is 17.9 Å². The van der Waals surface area contributed by atoms with E-state index in [4.69, 9.17) is 17.0 Å². The fourth-order valence-corrected chi connectivity index (χ4v) is 3.47. The number of carbonyl (C=O) groups excluding carboxylic acids is 1. The van der Waals surface area contributed by atoms with Gasteiger partial charge in [0.2, 0.25) is 15.9 Å². The number of hydrogen-bond acceptors (Lipinski definition) is 5. The molecule has 0 aromatic heterocycles. The minimum Gasteiger partial charge on any atom is -0.496 e. The van der Waals surface area contributed by atoms with Crippen LogP contribution in [0.4, 0.5) is 5.69 Å². The SMILES string of the molecule is C=CCNS(=O)(=O)c1ccc(NC(=S)NC(=O)C=Cc2ccccc2OC)cc1. The zero-order chi connectivity index (χ0) is 21.3. The van der Waals surface area contributed by atoms with E-state index in [0.717, 1.165) is 5.56 Å². The smallest absolute Gasteiger partial charge is 0.250 e. The fraction of sp³-hybridized carbons (Fsp3) is 0.100. The number of thiocarbonyl (C=S) groups is 1. The zero-order valence-electron chi connectivity index (χ0n) is 15.7. The molecule has 1 amide bonds. The molecule has 2 aromatic carbocycles. The lowest BCUT2D eigenvalue weighted by molar-refractivity contribution is -0.115. The van der Waals surface area contributed by atoms with Crippen molar-refractivity contribution in [2.75, 3.05) is 19.0 Å². The Morgan fingerprint density at radius 2 is 1.86 bits per heavy atom. The van der Waals surface area contributed by atoms with E-state index in [1.54, 1.807) is 31.4 Å². The third-order valence-electron chi connectivity index (χ3n) is 3.63. The van der Waals surface area contributed by atoms with Crippen LogP contribution < -0.4 is 20.1 Å². The minimum atomic E-state index is -3.60. The summed E-state index contributed by atoms with van der Waals surface area (Å²) in [6.45, 7) is 3.61. The number of methoxy groups -OCH3 is 1. The minimum absolute atomic E-state index is 0.0834. The van der Waals surface area contributed by atoms with Gasteiger partial charge in [-0.05, 0) is 48.6 Å². The summed E-state index contributed by atoms with van der Waals surface area (Å²) < 4.78 is 31.7. The van der Waals surface area contributed by atoms with Gasteiger partial charge in [-0.2, -0.15) is 0 Å². The van der Waals surface area contributed by atoms with Crippen LogP contribution in [0.25, 0.3) is 6.08 Å². The van der Waals surface area contributed by atoms with Gasteiger partial charge in [0.05, 0.1) is 12.0 Å². The molecule has 0 heterocycles. The normalized spacial score (nSPS) is 11.1. The Bertz CT molecular complexity index is 1020. The lowest BCUT2D eigenvalue weighted by Gasteiger charge is -2.09. The van der Waals surface area contributed by atoms with Gasteiger partial charge in [0.15, 0.2) is 5.11 Å². The number of hydrogen-bond donors (Lipinski definition) is 3. The summed E-state index contributed by atoms with van der Waals surface area (Å²) >= 11 is 5.11. The van der Waals surface area contributed by atoms with Crippen molar-refractivity contribution in [3.8, 4) is 5.75 Å². The van der Waals surface area contributed by atoms with Gasteiger partial charge >= 0.3 is 0 Å². The summed E-state index contributed by atoms with van der Waals surface area (Å²) in [5.74, 6) is 0.233. The lowest BCUT2D eigenvalue weighted by atomic mass is 10.2. The molecule has 2 aromatic rings. The van der Waals surface area contributed by atoms with Crippen molar-refractivity contribution in [3.63, 3.8) is 0 Å². The Labute approximate surface area is 175 Å². The summed E-state index contributed by atoms with van der Waals surface area (Å²) in [6.07, 6.45) is 4.41. The van der Waals surface area contributed by atoms with Crippen LogP contribution in [-0.2, 0) is 14.8 Å². The number of sulfonamides is 1. The standard InChI is InChI=1S/C20H21N3O4S2/c1-3-14-21-29(25,26)17-11-9-16(10-12-17)22-20(28)23-19(24)13-8-15-6-4-5-7-18(15)27-2/h3-13,21H,1,14H2,2H3,(H2,22,23,24,28). The summed E-state index contributed by atoms with van der Waals surface area (Å²) in [7, 11) is -2.04. The van der Waals surface area contributed by atoms with Crippen molar-refractivity contribution >= 4 is 45.0 Å². The molecule has 0 saturated carbocycles. The zero-order valence-corrected chi connectivity index (χ0v) is 17.3. The molecule has 29 heavy (non-hydrogen) atoms. The highest BCUT2D eigenvalue weighted by atomic mass is 32.2. The average Bonchev–Trinajstić information content (AvgIpc) is 2.71. The van der Waals surface area contributed by atoms with Crippen molar-refractivity contribution in [1.82, 2.24) is 10.0 Å². The Hall–Kier alpha value is -3.01. The topological polar surface area (TPSA) is 96.5 Å². The number of nitrogens with one attached hydrogen (secondary N) is 3. The molecule has 9 heteroatoms. The maximum Gasteiger partial charge on any atom is 0.250 e. The maximum atomic E-state index is 12.0. The van der Waals surface area contributed by atoms with Gasteiger partial charge in [0.1, 0.15) is 5.75 Å². The van der Waals surface area contributed by atoms with Crippen LogP contribution in [0.15, 0.2) is 72.2 Å². The molecule has 0 fully saturated rings. The Morgan fingerprint density at radius 3 is 2.52 bits per heavy atom. The van der Waals surface area contributed by atoms with Gasteiger partial charge in [0, 0.05) is 23.9 Å². The maximum absolute atomic E-state index is 12.0. The first kappa shape index (κ1) is 22.3. The molecule has 0 unspecified atom stereocenters. The van der Waals surface area contributed by atoms with Gasteiger partial charge in [-0.25, -0.2) is 13.1 Å². The van der Waals surface area contributed by atoms with Crippen LogP contribution in [0.5, 0.6) is 5.75 Å². The van der Waals surface area contributed by atoms with E-state index in [2.05, 4.69) is 21.9 Å². The van der Waals surface area contributed by atoms with E-state index in [1.807, 2.05) is 18.2 Å². The van der Waals surface area contributed by atoms with Crippen LogP contribution in [-0.4, -0.2) is 33.1 Å². The first-order valence-electron chi connectivity index (χ1n) is 8.49. The first-order valence-corrected chi connectivity index (χ1v) is 10.4. The van der Waals surface area contributed by atoms with Crippen LogP contribution in [0, 0.1) is 0 Å². The third kappa shape index (κ3) is 6.83. The van der Waals surface area contributed by atoms with E-state index < -0.39 is 15.9 Å². The molecule has 0 aliphatic heterocycles. The number of para-hydroxylation sites is 1. The fourth-order valence-electron chi connectivity index (χ4n) is 2.25. The number of rotatable bonds is 8. The number of ether oxygens (including phenoxy) is 1. The molecule has 0 saturated heterocycles. The second kappa shape index (κ2) is 10.5. The highest BCUT2D eigenvalue weighted by Gasteiger charge is 2.12. The Balaban J connectivity index is 1.94. The molecule has 2 rings (SSSR count). The number of amides is 1. The average molecular weight is 432 g/mol. The molecule has 0 atom stereocenters. The van der Waals surface area contributed by atoms with Crippen LogP contribution in [0.3, 0.4) is 0 Å². The molecule has 0 aliphatic rings. The predicted octanol–water partition coefficient (Wildman–Crippen LogP) is 2.69. The molecule has 7 nitrogen and oxygen atoms in total. The highest BCUT2D eigenvalue weighted by Crippen LogP contribution is 2.18. The molecule has 0 aliphatic carbocycles. The van der Waals surface area contributed by atoms with Crippen LogP contribution in [0.2, 0.25) is 0 Å². The van der Waals surface area contributed by atoms with Gasteiger partial charge in [-0.15, -0.1) is 6.58 Å². The van der Waals surface area contributed by atoms with E-state index in [9.17, 15) is 13.2 Å². The van der Waals surface area contributed by atoms with Gasteiger partial charge in [-0.3, -0.25) is 10.1 Å². The largest absolute Gasteiger partial charge is 0.496 e. The molecule has 0 spiro atoms. The summed E-state index contributed by atoms with van der Waals surface area (Å²) in [4.78, 5) is 12.2. The van der Waals surface area contributed by atoms with Gasteiger partial charge in [0.25, 0.3) is 0 Å². The van der Waals surface area contributed by atoms with Crippen molar-refractivity contribution in [3.05, 3.63) is 72.8 Å². The van der Waals surface area contributed by atoms with Crippen molar-refractivity contribution in [1.29, 1.82) is 0 Å². The third-order valence-corrected chi connectivity index (χ3v) is 5.27. The molecule has 0 bridgehead atoms. The van der Waals surface area contributed by atoms with E-state index in [0.29, 0.717) is 11.4 Å². The summed E-state index contributed by atoms with van der Waals surface area (Å²) in [5, 5.41) is 5.43. The molecular formula is C20H21N3O4S2. The van der Waals surface area contributed by atoms with Gasteiger partial charge in [-0.1, -0.05) is 24.3 Å². The number of carbonyl (C=O) groups is 1. The monoisotopic (exact) mass is 431 g/mol. The number of anilines is 1. The molecular weight excluding hydrogens is 410 g/mol. The summed E-state index contributed by atoms with van der Waals surface area (Å²) in [6, 6.07) is 13.2. The van der Waals surface area contributed by atoms with Gasteiger partial charge < -0.3 is 10.1 Å². The second-order valence-corrected chi connectivity index (χ2v) is 7.86. The van der Waals surface area contributed by atoms with Crippen molar-refractivity contribution in [2.24, 2.45) is 0 Å². The number of benzene rings is 2. The van der Waals surface area contributed by atoms with E-state index in [1.165, 1.54) is 24.3 Å². The lowest BCUT2D eigenvalue weighted by Crippen LogP contribution is -2.32. The molecule has 0 radical (unpaired) electrons. The van der Waals surface area contributed by atoms with E-state index in [-0.39, 0.29) is 16.6 Å². The van der Waals surface area contributed by atoms with Crippen LogP contribution >= 0.6 is 12.2 Å². The molecule has 152 valence electrons. The highest BCUT2D eigenvalue weighted by molar-refractivity contribution is 7.89. The predicted molar refractivity (Wildman–Crippen MR) is 118 cm³/mol. The van der Waals surface area contributed by atoms with Crippen molar-refractivity contribution in [2.45, 2.75) is 4.90 Å². The van der Waals surface area contributed by atoms with E-state index >= 15 is 0 Å². The first-order chi connectivity index (χ1) is 13.9. The Morgan fingerprint density at radius 1 is 1.17 bits per heavy atom. The van der Waals surface area contributed by atoms with Crippen LogP contribution in [0.1, 0.15) is 5.56 Å². The Kier molecular flexibility index (Phi) is 8.08. The summed E-state index contributed by atoms with van der Waals surface area (Å²) in [5.41, 5.74) is 1.29. The quantitative estimate of drug-likeness (QED) is 0.338. The second-order valence-electron chi connectivity index (χ2n) is 5.68. The molecule has 3 N–H and O–H groups in total.